The van der Waals surface area contributed by atoms with Gasteiger partial charge in [-0.3, -0.25) is 0 Å². The number of rotatable bonds is 13. The van der Waals surface area contributed by atoms with Crippen molar-refractivity contribution in [1.29, 1.82) is 0 Å². The third kappa shape index (κ3) is 8.20. The molecule has 9 aromatic rings. The molecule has 0 radical (unpaired) electrons. The summed E-state index contributed by atoms with van der Waals surface area (Å²) in [5, 5.41) is 3.82. The molecule has 0 saturated heterocycles. The molecule has 0 atom stereocenters. The van der Waals surface area contributed by atoms with E-state index in [0.29, 0.717) is 0 Å². The van der Waals surface area contributed by atoms with Crippen LogP contribution in [-0.2, 0) is 6.42 Å². The summed E-state index contributed by atoms with van der Waals surface area (Å²) in [6, 6.07) is 70.4. The minimum Gasteiger partial charge on any atom is -0.311 e. The number of hydrogen-bond donors (Lipinski definition) is 0. The lowest BCUT2D eigenvalue weighted by Crippen LogP contribution is -2.15. The van der Waals surface area contributed by atoms with Crippen molar-refractivity contribution in [3.05, 3.63) is 241 Å². The molecule has 302 valence electrons. The molecule has 0 aliphatic rings. The minimum atomic E-state index is 0.770. The quantitative estimate of drug-likeness (QED) is 0.105. The highest BCUT2D eigenvalue weighted by Crippen LogP contribution is 2.38. The summed E-state index contributed by atoms with van der Waals surface area (Å²) in [7, 11) is 0. The second kappa shape index (κ2) is 18.5. The Morgan fingerprint density at radius 2 is 1.11 bits per heavy atom. The first-order valence-electron chi connectivity index (χ1n) is 22.0. The highest BCUT2D eigenvalue weighted by atomic mass is 15.1. The third-order valence-electron chi connectivity index (χ3n) is 11.9. The van der Waals surface area contributed by atoms with Gasteiger partial charge in [-0.2, -0.15) is 0 Å². The molecular formula is C60H52N2. The average Bonchev–Trinajstić information content (AvgIpc) is 3.63. The number of para-hydroxylation sites is 1. The van der Waals surface area contributed by atoms with Crippen LogP contribution in [0.1, 0.15) is 43.5 Å². The topological polar surface area (TPSA) is 8.17 Å². The Kier molecular flexibility index (Phi) is 11.9. The van der Waals surface area contributed by atoms with Crippen LogP contribution in [0.3, 0.4) is 0 Å². The van der Waals surface area contributed by atoms with Crippen molar-refractivity contribution in [2.45, 2.75) is 40.0 Å². The Morgan fingerprint density at radius 3 is 1.82 bits per heavy atom. The Bertz CT molecular complexity index is 3030. The maximum Gasteiger partial charge on any atom is 0.0540 e. The van der Waals surface area contributed by atoms with Gasteiger partial charge < -0.3 is 9.47 Å². The van der Waals surface area contributed by atoms with Gasteiger partial charge in [0.1, 0.15) is 0 Å². The van der Waals surface area contributed by atoms with Gasteiger partial charge in [-0.1, -0.05) is 178 Å². The van der Waals surface area contributed by atoms with E-state index in [0.717, 1.165) is 36.3 Å². The summed E-state index contributed by atoms with van der Waals surface area (Å²) in [6.45, 7) is 6.68. The van der Waals surface area contributed by atoms with Gasteiger partial charge in [-0.15, -0.1) is 0 Å². The molecule has 1 aromatic heterocycles. The van der Waals surface area contributed by atoms with E-state index in [1.54, 1.807) is 0 Å². The molecule has 1 heterocycles. The first-order valence-corrected chi connectivity index (χ1v) is 22.0. The molecular weight excluding hydrogens is 749 g/mol. The molecule has 0 bridgehead atoms. The summed E-state index contributed by atoms with van der Waals surface area (Å²) >= 11 is 0. The number of hydrogen-bond acceptors (Lipinski definition) is 1. The molecule has 62 heavy (non-hydrogen) atoms. The molecule has 2 nitrogen and oxygen atoms in total. The van der Waals surface area contributed by atoms with Crippen LogP contribution in [0.5, 0.6) is 0 Å². The van der Waals surface area contributed by atoms with Crippen molar-refractivity contribution < 1.29 is 0 Å². The van der Waals surface area contributed by atoms with Gasteiger partial charge in [0, 0.05) is 33.8 Å². The lowest BCUT2D eigenvalue weighted by Gasteiger charge is -2.27. The first kappa shape index (κ1) is 40.0. The van der Waals surface area contributed by atoms with E-state index in [2.05, 4.69) is 255 Å². The predicted octanol–water partition coefficient (Wildman–Crippen LogP) is 16.7. The van der Waals surface area contributed by atoms with E-state index in [9.17, 15) is 0 Å². The minimum absolute atomic E-state index is 0.770. The predicted molar refractivity (Wildman–Crippen MR) is 267 cm³/mol. The van der Waals surface area contributed by atoms with Crippen LogP contribution < -0.4 is 4.90 Å². The number of aromatic nitrogens is 1. The van der Waals surface area contributed by atoms with Crippen molar-refractivity contribution in [3.63, 3.8) is 0 Å². The zero-order chi connectivity index (χ0) is 42.3. The number of fused-ring (bicyclic) bond motifs is 2. The van der Waals surface area contributed by atoms with E-state index in [1.807, 2.05) is 0 Å². The summed E-state index contributed by atoms with van der Waals surface area (Å²) in [4.78, 5) is 2.42. The number of anilines is 2. The largest absolute Gasteiger partial charge is 0.311 e. The van der Waals surface area contributed by atoms with Gasteiger partial charge in [0.25, 0.3) is 0 Å². The normalized spacial score (nSPS) is 12.0. The van der Waals surface area contributed by atoms with Crippen molar-refractivity contribution in [1.82, 2.24) is 4.57 Å². The lowest BCUT2D eigenvalue weighted by atomic mass is 9.97. The van der Waals surface area contributed by atoms with Crippen molar-refractivity contribution >= 4 is 39.1 Å². The lowest BCUT2D eigenvalue weighted by molar-refractivity contribution is 1.09. The summed E-state index contributed by atoms with van der Waals surface area (Å²) in [5.41, 5.74) is 16.9. The molecule has 0 unspecified atom stereocenters. The Morgan fingerprint density at radius 1 is 0.532 bits per heavy atom. The van der Waals surface area contributed by atoms with Crippen LogP contribution in [0.15, 0.2) is 224 Å². The number of benzene rings is 8. The van der Waals surface area contributed by atoms with Crippen molar-refractivity contribution in [3.8, 4) is 39.1 Å². The van der Waals surface area contributed by atoms with E-state index < -0.39 is 0 Å². The number of aryl methyl sites for hydroxylation is 1. The smallest absolute Gasteiger partial charge is 0.0540 e. The molecule has 0 spiro atoms. The molecule has 0 amide bonds. The highest BCUT2D eigenvalue weighted by Gasteiger charge is 2.18. The molecule has 0 aliphatic heterocycles. The van der Waals surface area contributed by atoms with Crippen molar-refractivity contribution in [2.75, 3.05) is 4.90 Å². The molecule has 0 saturated carbocycles. The molecule has 2 heteroatoms. The summed E-state index contributed by atoms with van der Waals surface area (Å²) in [5.74, 6) is 0. The van der Waals surface area contributed by atoms with E-state index >= 15 is 0 Å². The van der Waals surface area contributed by atoms with Gasteiger partial charge in [0.15, 0.2) is 0 Å². The Balaban J connectivity index is 1.15. The van der Waals surface area contributed by atoms with E-state index in [-0.39, 0.29) is 0 Å². The maximum atomic E-state index is 2.42. The van der Waals surface area contributed by atoms with Crippen molar-refractivity contribution in [2.24, 2.45) is 0 Å². The standard InChI is InChI=1S/C60H52N2/c1-4-6-26-53(42-37-49-23-18-32-59-60(49)44(3)58(31-7-5-2)62(59)52-27-12-9-13-28-52)61(55-40-35-48(36-41-55)57-30-17-22-47-21-14-15-29-56(47)57)54-38-33-46(34-39-54)51-25-16-24-50(43-51)45-19-10-8-11-20-45/h6-36,38-43H,4-5,37H2,1-3H3/b26-6-,31-7-,53-42+. The van der Waals surface area contributed by atoms with Gasteiger partial charge in [-0.05, 0) is 142 Å². The fraction of sp³-hybridized carbons (Fsp3) is 0.100. The fourth-order valence-corrected chi connectivity index (χ4v) is 8.80. The van der Waals surface area contributed by atoms with Crippen LogP contribution in [0.4, 0.5) is 11.4 Å². The molecule has 8 aromatic carbocycles. The van der Waals surface area contributed by atoms with Crippen LogP contribution in [0, 0.1) is 6.92 Å². The van der Waals surface area contributed by atoms with Gasteiger partial charge in [0.05, 0.1) is 5.52 Å². The molecule has 0 aliphatic carbocycles. The van der Waals surface area contributed by atoms with Gasteiger partial charge in [0.2, 0.25) is 0 Å². The fourth-order valence-electron chi connectivity index (χ4n) is 8.80. The Hall–Kier alpha value is -7.42. The Labute approximate surface area is 367 Å². The monoisotopic (exact) mass is 800 g/mol. The number of nitrogens with zero attached hydrogens (tertiary/aromatic N) is 2. The third-order valence-corrected chi connectivity index (χ3v) is 11.9. The van der Waals surface area contributed by atoms with Gasteiger partial charge in [-0.25, -0.2) is 0 Å². The summed E-state index contributed by atoms with van der Waals surface area (Å²) < 4.78 is 2.42. The van der Waals surface area contributed by atoms with Crippen LogP contribution in [0.2, 0.25) is 0 Å². The average molecular weight is 801 g/mol. The number of allylic oxidation sites excluding steroid dienone is 4. The summed E-state index contributed by atoms with van der Waals surface area (Å²) in [6.07, 6.45) is 14.2. The zero-order valence-corrected chi connectivity index (χ0v) is 35.9. The van der Waals surface area contributed by atoms with Crippen LogP contribution in [0.25, 0.3) is 66.8 Å². The van der Waals surface area contributed by atoms with E-state index in [4.69, 9.17) is 0 Å². The maximum absolute atomic E-state index is 2.42. The second-order valence-electron chi connectivity index (χ2n) is 15.8. The first-order chi connectivity index (χ1) is 30.6. The molecule has 0 N–H and O–H groups in total. The highest BCUT2D eigenvalue weighted by molar-refractivity contribution is 5.97. The SMILES string of the molecule is CC/C=C\C(=C/Cc1cccc2c1c(C)c(/C=C\CC)n2-c1ccccc1)N(c1ccc(-c2cccc(-c3ccccc3)c2)cc1)c1ccc(-c2cccc3ccccc23)cc1. The second-order valence-corrected chi connectivity index (χ2v) is 15.8. The van der Waals surface area contributed by atoms with E-state index in [1.165, 1.54) is 77.6 Å². The zero-order valence-electron chi connectivity index (χ0n) is 35.9. The van der Waals surface area contributed by atoms with Crippen LogP contribution >= 0.6 is 0 Å². The van der Waals surface area contributed by atoms with Gasteiger partial charge >= 0.3 is 0 Å². The van der Waals surface area contributed by atoms with Crippen LogP contribution in [-0.4, -0.2) is 4.57 Å². The molecule has 9 rings (SSSR count). The molecule has 0 fully saturated rings.